The lowest BCUT2D eigenvalue weighted by Gasteiger charge is -2.09. The zero-order valence-corrected chi connectivity index (χ0v) is 14.5. The first-order chi connectivity index (χ1) is 12.4. The van der Waals surface area contributed by atoms with E-state index in [2.05, 4.69) is 16.2 Å². The number of hydrogen-bond acceptors (Lipinski definition) is 3. The van der Waals surface area contributed by atoms with Crippen molar-refractivity contribution in [2.75, 3.05) is 5.32 Å². The fourth-order valence-corrected chi connectivity index (χ4v) is 2.19. The van der Waals surface area contributed by atoms with Gasteiger partial charge < -0.3 is 5.32 Å². The molecule has 0 aromatic heterocycles. The van der Waals surface area contributed by atoms with Crippen molar-refractivity contribution in [3.05, 3.63) is 65.5 Å². The van der Waals surface area contributed by atoms with Crippen LogP contribution in [0.15, 0.2) is 48.5 Å². The third-order valence-electron chi connectivity index (χ3n) is 3.43. The minimum absolute atomic E-state index is 0.102. The van der Waals surface area contributed by atoms with Gasteiger partial charge in [-0.25, -0.2) is 4.39 Å². The van der Waals surface area contributed by atoms with E-state index >= 15 is 0 Å². The van der Waals surface area contributed by atoms with E-state index in [0.29, 0.717) is 12.1 Å². The number of hydrazine groups is 1. The summed E-state index contributed by atoms with van der Waals surface area (Å²) < 4.78 is 13.5. The second kappa shape index (κ2) is 8.75. The molecule has 0 unspecified atom stereocenters. The maximum absolute atomic E-state index is 13.5. The number of nitrogens with one attached hydrogen (secondary N) is 3. The van der Waals surface area contributed by atoms with Crippen LogP contribution in [0, 0.1) is 11.7 Å². The number of halogens is 1. The fraction of sp³-hybridized carbons (Fsp3) is 0.211. The molecule has 26 heavy (non-hydrogen) atoms. The topological polar surface area (TPSA) is 87.3 Å². The summed E-state index contributed by atoms with van der Waals surface area (Å²) in [6, 6.07) is 11.6. The van der Waals surface area contributed by atoms with Gasteiger partial charge in [0.1, 0.15) is 5.82 Å². The molecular formula is C19H20FN3O3. The molecule has 0 heterocycles. The Kier molecular flexibility index (Phi) is 6.43. The molecule has 0 atom stereocenters. The Morgan fingerprint density at radius 2 is 1.54 bits per heavy atom. The van der Waals surface area contributed by atoms with Crippen LogP contribution in [0.3, 0.4) is 0 Å². The number of carbonyl (C=O) groups excluding carboxylic acids is 3. The van der Waals surface area contributed by atoms with Crippen LogP contribution < -0.4 is 16.2 Å². The third kappa shape index (κ3) is 5.41. The quantitative estimate of drug-likeness (QED) is 0.719. The van der Waals surface area contributed by atoms with E-state index in [9.17, 15) is 18.8 Å². The van der Waals surface area contributed by atoms with Crippen molar-refractivity contribution in [2.24, 2.45) is 5.92 Å². The lowest BCUT2D eigenvalue weighted by Crippen LogP contribution is -2.41. The first-order valence-electron chi connectivity index (χ1n) is 8.12. The fourth-order valence-electron chi connectivity index (χ4n) is 2.19. The molecule has 0 fully saturated rings. The van der Waals surface area contributed by atoms with E-state index < -0.39 is 17.6 Å². The molecule has 0 saturated heterocycles. The van der Waals surface area contributed by atoms with Crippen molar-refractivity contribution >= 4 is 23.4 Å². The van der Waals surface area contributed by atoms with Crippen LogP contribution >= 0.6 is 0 Å². The SMILES string of the molecule is CC(C)CC(=O)Nc1ccc(C(=O)NNC(=O)c2ccccc2F)cc1. The Bertz CT molecular complexity index is 804. The molecule has 0 radical (unpaired) electrons. The van der Waals surface area contributed by atoms with Crippen molar-refractivity contribution in [3.8, 4) is 0 Å². The molecule has 6 nitrogen and oxygen atoms in total. The van der Waals surface area contributed by atoms with Crippen LogP contribution in [0.4, 0.5) is 10.1 Å². The van der Waals surface area contributed by atoms with Gasteiger partial charge in [-0.15, -0.1) is 0 Å². The van der Waals surface area contributed by atoms with E-state index in [0.717, 1.165) is 6.07 Å². The molecule has 0 aliphatic rings. The number of benzene rings is 2. The van der Waals surface area contributed by atoms with Crippen LogP contribution in [0.5, 0.6) is 0 Å². The summed E-state index contributed by atoms with van der Waals surface area (Å²) in [5.41, 5.74) is 5.06. The number of anilines is 1. The predicted octanol–water partition coefficient (Wildman–Crippen LogP) is 2.89. The maximum Gasteiger partial charge on any atom is 0.272 e. The van der Waals surface area contributed by atoms with Crippen LogP contribution in [-0.4, -0.2) is 17.7 Å². The first kappa shape index (κ1) is 19.1. The van der Waals surface area contributed by atoms with Crippen molar-refractivity contribution in [3.63, 3.8) is 0 Å². The van der Waals surface area contributed by atoms with E-state index in [1.54, 1.807) is 12.1 Å². The standard InChI is InChI=1S/C19H20FN3O3/c1-12(2)11-17(24)21-14-9-7-13(8-10-14)18(25)22-23-19(26)15-5-3-4-6-16(15)20/h3-10,12H,11H2,1-2H3,(H,21,24)(H,22,25)(H,23,26). The Hall–Kier alpha value is -3.22. The summed E-state index contributed by atoms with van der Waals surface area (Å²) in [6.07, 6.45) is 0.407. The van der Waals surface area contributed by atoms with Gasteiger partial charge >= 0.3 is 0 Å². The van der Waals surface area contributed by atoms with Gasteiger partial charge in [0.2, 0.25) is 5.91 Å². The van der Waals surface area contributed by atoms with Crippen LogP contribution in [0.1, 0.15) is 41.0 Å². The third-order valence-corrected chi connectivity index (χ3v) is 3.43. The van der Waals surface area contributed by atoms with Crippen LogP contribution in [-0.2, 0) is 4.79 Å². The van der Waals surface area contributed by atoms with Gasteiger partial charge in [0, 0.05) is 17.7 Å². The monoisotopic (exact) mass is 357 g/mol. The Morgan fingerprint density at radius 1 is 0.923 bits per heavy atom. The van der Waals surface area contributed by atoms with Gasteiger partial charge in [-0.3, -0.25) is 25.2 Å². The van der Waals surface area contributed by atoms with Crippen molar-refractivity contribution in [2.45, 2.75) is 20.3 Å². The summed E-state index contributed by atoms with van der Waals surface area (Å²) >= 11 is 0. The van der Waals surface area contributed by atoms with E-state index in [1.807, 2.05) is 13.8 Å². The van der Waals surface area contributed by atoms with Gasteiger partial charge in [0.05, 0.1) is 5.56 Å². The summed E-state index contributed by atoms with van der Waals surface area (Å²) in [7, 11) is 0. The summed E-state index contributed by atoms with van der Waals surface area (Å²) in [6.45, 7) is 3.89. The average molecular weight is 357 g/mol. The smallest absolute Gasteiger partial charge is 0.272 e. The minimum Gasteiger partial charge on any atom is -0.326 e. The van der Waals surface area contributed by atoms with Crippen molar-refractivity contribution < 1.29 is 18.8 Å². The maximum atomic E-state index is 13.5. The Labute approximate surface area is 150 Å². The van der Waals surface area contributed by atoms with Crippen molar-refractivity contribution in [1.29, 1.82) is 0 Å². The molecule has 2 aromatic carbocycles. The normalized spacial score (nSPS) is 10.3. The molecule has 0 bridgehead atoms. The van der Waals surface area contributed by atoms with E-state index in [4.69, 9.17) is 0 Å². The molecule has 136 valence electrons. The van der Waals surface area contributed by atoms with Crippen LogP contribution in [0.25, 0.3) is 0 Å². The highest BCUT2D eigenvalue weighted by Gasteiger charge is 2.12. The zero-order chi connectivity index (χ0) is 19.1. The summed E-state index contributed by atoms with van der Waals surface area (Å²) in [5.74, 6) is -1.85. The molecule has 2 rings (SSSR count). The van der Waals surface area contributed by atoms with Gasteiger partial charge in [-0.1, -0.05) is 26.0 Å². The van der Waals surface area contributed by atoms with Gasteiger partial charge in [0.15, 0.2) is 0 Å². The van der Waals surface area contributed by atoms with E-state index in [-0.39, 0.29) is 23.0 Å². The molecule has 0 saturated carbocycles. The molecular weight excluding hydrogens is 337 g/mol. The number of carbonyl (C=O) groups is 3. The molecule has 2 aromatic rings. The van der Waals surface area contributed by atoms with E-state index in [1.165, 1.54) is 30.3 Å². The predicted molar refractivity (Wildman–Crippen MR) is 95.9 cm³/mol. The summed E-state index contributed by atoms with van der Waals surface area (Å²) in [5, 5.41) is 2.74. The molecule has 3 amide bonds. The number of rotatable bonds is 5. The second-order valence-electron chi connectivity index (χ2n) is 6.11. The average Bonchev–Trinajstić information content (AvgIpc) is 2.59. The van der Waals surface area contributed by atoms with Gasteiger partial charge in [-0.2, -0.15) is 0 Å². The van der Waals surface area contributed by atoms with Crippen LogP contribution in [0.2, 0.25) is 0 Å². The molecule has 7 heteroatoms. The summed E-state index contributed by atoms with van der Waals surface area (Å²) in [4.78, 5) is 35.6. The molecule has 0 aliphatic heterocycles. The largest absolute Gasteiger partial charge is 0.326 e. The number of hydrogen-bond donors (Lipinski definition) is 3. The molecule has 0 spiro atoms. The highest BCUT2D eigenvalue weighted by atomic mass is 19.1. The second-order valence-corrected chi connectivity index (χ2v) is 6.11. The van der Waals surface area contributed by atoms with Gasteiger partial charge in [-0.05, 0) is 42.3 Å². The Balaban J connectivity index is 1.91. The lowest BCUT2D eigenvalue weighted by molar-refractivity contribution is -0.116. The number of amides is 3. The Morgan fingerprint density at radius 3 is 2.15 bits per heavy atom. The zero-order valence-electron chi connectivity index (χ0n) is 14.5. The lowest BCUT2D eigenvalue weighted by atomic mass is 10.1. The highest BCUT2D eigenvalue weighted by Crippen LogP contribution is 2.11. The van der Waals surface area contributed by atoms with Crippen molar-refractivity contribution in [1.82, 2.24) is 10.9 Å². The van der Waals surface area contributed by atoms with Gasteiger partial charge in [0.25, 0.3) is 11.8 Å². The molecule has 3 N–H and O–H groups in total. The first-order valence-corrected chi connectivity index (χ1v) is 8.12. The molecule has 0 aliphatic carbocycles. The highest BCUT2D eigenvalue weighted by molar-refractivity contribution is 5.99. The minimum atomic E-state index is -0.756.